The van der Waals surface area contributed by atoms with Crippen molar-refractivity contribution in [1.29, 1.82) is 0 Å². The van der Waals surface area contributed by atoms with Crippen LogP contribution in [-0.4, -0.2) is 48.5 Å². The highest BCUT2D eigenvalue weighted by molar-refractivity contribution is 8.01. The van der Waals surface area contributed by atoms with Crippen molar-refractivity contribution in [3.63, 3.8) is 0 Å². The SMILES string of the molecule is c1cc2c3c(cccc3c1)N(CCCN1CCN(c3nsc4ccccc34)CC1)S2. The molecular weight excluding hydrogens is 408 g/mol. The lowest BCUT2D eigenvalue weighted by molar-refractivity contribution is 0.256. The summed E-state index contributed by atoms with van der Waals surface area (Å²) in [6.07, 6.45) is 1.19. The molecule has 0 bridgehead atoms. The van der Waals surface area contributed by atoms with Crippen LogP contribution in [0.5, 0.6) is 0 Å². The Morgan fingerprint density at radius 2 is 1.67 bits per heavy atom. The first kappa shape index (κ1) is 18.5. The van der Waals surface area contributed by atoms with Crippen molar-refractivity contribution in [3.8, 4) is 0 Å². The minimum absolute atomic E-state index is 1.07. The van der Waals surface area contributed by atoms with Gasteiger partial charge in [0, 0.05) is 48.4 Å². The van der Waals surface area contributed by atoms with Crippen LogP contribution in [-0.2, 0) is 0 Å². The highest BCUT2D eigenvalue weighted by Gasteiger charge is 2.23. The Bertz CT molecular complexity index is 1190. The summed E-state index contributed by atoms with van der Waals surface area (Å²) in [5, 5.41) is 4.08. The van der Waals surface area contributed by atoms with Gasteiger partial charge in [-0.25, -0.2) is 0 Å². The summed E-state index contributed by atoms with van der Waals surface area (Å²) in [6.45, 7) is 6.63. The average Bonchev–Trinajstić information content (AvgIpc) is 3.38. The van der Waals surface area contributed by atoms with E-state index < -0.39 is 0 Å². The van der Waals surface area contributed by atoms with Gasteiger partial charge in [-0.1, -0.05) is 36.4 Å². The quantitative estimate of drug-likeness (QED) is 0.388. The fourth-order valence-electron chi connectivity index (χ4n) is 4.63. The van der Waals surface area contributed by atoms with E-state index in [9.17, 15) is 0 Å². The first-order chi connectivity index (χ1) is 14.9. The maximum Gasteiger partial charge on any atom is 0.150 e. The van der Waals surface area contributed by atoms with E-state index in [1.807, 2.05) is 11.9 Å². The van der Waals surface area contributed by atoms with E-state index in [1.165, 1.54) is 43.7 Å². The Morgan fingerprint density at radius 1 is 0.833 bits per heavy atom. The lowest BCUT2D eigenvalue weighted by Crippen LogP contribution is -2.47. The highest BCUT2D eigenvalue weighted by Crippen LogP contribution is 2.45. The number of fused-ring (bicyclic) bond motifs is 1. The lowest BCUT2D eigenvalue weighted by Gasteiger charge is -2.35. The molecule has 0 radical (unpaired) electrons. The van der Waals surface area contributed by atoms with Gasteiger partial charge < -0.3 is 9.21 Å². The lowest BCUT2D eigenvalue weighted by atomic mass is 10.1. The number of rotatable bonds is 5. The first-order valence-electron chi connectivity index (χ1n) is 10.7. The van der Waals surface area contributed by atoms with Gasteiger partial charge in [0.1, 0.15) is 5.82 Å². The first-order valence-corrected chi connectivity index (χ1v) is 12.2. The number of nitrogens with zero attached hydrogens (tertiary/aromatic N) is 4. The zero-order valence-electron chi connectivity index (χ0n) is 16.8. The molecule has 0 saturated carbocycles. The normalized spacial score (nSPS) is 16.8. The van der Waals surface area contributed by atoms with E-state index in [1.54, 1.807) is 11.5 Å². The molecule has 152 valence electrons. The van der Waals surface area contributed by atoms with Crippen LogP contribution < -0.4 is 9.21 Å². The largest absolute Gasteiger partial charge is 0.353 e. The second kappa shape index (κ2) is 7.76. The van der Waals surface area contributed by atoms with E-state index >= 15 is 0 Å². The number of anilines is 2. The fraction of sp³-hybridized carbons (Fsp3) is 0.292. The molecule has 30 heavy (non-hydrogen) atoms. The molecule has 0 aliphatic carbocycles. The van der Waals surface area contributed by atoms with Crippen molar-refractivity contribution in [2.24, 2.45) is 0 Å². The summed E-state index contributed by atoms with van der Waals surface area (Å²) < 4.78 is 8.50. The van der Waals surface area contributed by atoms with Crippen LogP contribution >= 0.6 is 23.5 Å². The molecule has 1 fully saturated rings. The van der Waals surface area contributed by atoms with Crippen LogP contribution in [0.1, 0.15) is 6.42 Å². The average molecular weight is 433 g/mol. The Kier molecular flexibility index (Phi) is 4.78. The molecule has 0 atom stereocenters. The van der Waals surface area contributed by atoms with Gasteiger partial charge in [-0.3, -0.25) is 4.90 Å². The van der Waals surface area contributed by atoms with Gasteiger partial charge in [0.15, 0.2) is 0 Å². The van der Waals surface area contributed by atoms with E-state index in [0.717, 1.165) is 39.3 Å². The molecule has 6 heteroatoms. The molecular formula is C24H24N4S2. The zero-order valence-corrected chi connectivity index (χ0v) is 18.5. The summed E-state index contributed by atoms with van der Waals surface area (Å²) >= 11 is 3.52. The molecule has 3 heterocycles. The molecule has 4 nitrogen and oxygen atoms in total. The van der Waals surface area contributed by atoms with Crippen LogP contribution in [0.2, 0.25) is 0 Å². The van der Waals surface area contributed by atoms with Crippen LogP contribution in [0, 0.1) is 0 Å². The molecule has 0 spiro atoms. The second-order valence-corrected chi connectivity index (χ2v) is 9.88. The van der Waals surface area contributed by atoms with Crippen molar-refractivity contribution in [1.82, 2.24) is 9.27 Å². The van der Waals surface area contributed by atoms with Gasteiger partial charge in [-0.2, -0.15) is 4.37 Å². The number of piperazine rings is 1. The van der Waals surface area contributed by atoms with Gasteiger partial charge >= 0.3 is 0 Å². The van der Waals surface area contributed by atoms with Crippen molar-refractivity contribution < 1.29 is 0 Å². The molecule has 0 amide bonds. The molecule has 4 aromatic rings. The van der Waals surface area contributed by atoms with Gasteiger partial charge in [-0.05, 0) is 66.1 Å². The maximum absolute atomic E-state index is 4.74. The number of aromatic nitrogens is 1. The van der Waals surface area contributed by atoms with Crippen LogP contribution in [0.4, 0.5) is 11.5 Å². The molecule has 2 aliphatic heterocycles. The standard InChI is InChI=1S/C24H24N4S2/c1-2-10-21-19(8-1)24(25-29-21)27-16-14-26(15-17-27)12-5-13-28-20-9-3-6-18-7-4-11-22(30-28)23(18)20/h1-4,6-11H,5,12-17H2. The van der Waals surface area contributed by atoms with Gasteiger partial charge in [0.2, 0.25) is 0 Å². The molecule has 3 aromatic carbocycles. The summed E-state index contributed by atoms with van der Waals surface area (Å²) in [5.74, 6) is 1.18. The van der Waals surface area contributed by atoms with Crippen LogP contribution in [0.25, 0.3) is 20.9 Å². The van der Waals surface area contributed by atoms with Crippen molar-refractivity contribution in [2.45, 2.75) is 11.3 Å². The summed E-state index contributed by atoms with van der Waals surface area (Å²) in [4.78, 5) is 6.47. The Hall–Kier alpha value is -2.28. The summed E-state index contributed by atoms with van der Waals surface area (Å²) in [6, 6.07) is 21.9. The fourth-order valence-corrected chi connectivity index (χ4v) is 6.58. The summed E-state index contributed by atoms with van der Waals surface area (Å²) in [5.41, 5.74) is 1.38. The third-order valence-electron chi connectivity index (χ3n) is 6.19. The van der Waals surface area contributed by atoms with Crippen LogP contribution in [0.3, 0.4) is 0 Å². The summed E-state index contributed by atoms with van der Waals surface area (Å²) in [7, 11) is 0. The third kappa shape index (κ3) is 3.23. The number of hydrogen-bond donors (Lipinski definition) is 0. The smallest absolute Gasteiger partial charge is 0.150 e. The van der Waals surface area contributed by atoms with Crippen molar-refractivity contribution >= 4 is 55.8 Å². The number of hydrogen-bond acceptors (Lipinski definition) is 6. The Balaban J connectivity index is 1.04. The highest BCUT2D eigenvalue weighted by atomic mass is 32.2. The monoisotopic (exact) mass is 432 g/mol. The molecule has 0 N–H and O–H groups in total. The molecule has 2 aliphatic rings. The van der Waals surface area contributed by atoms with Crippen molar-refractivity contribution in [3.05, 3.63) is 60.7 Å². The number of benzene rings is 3. The predicted molar refractivity (Wildman–Crippen MR) is 130 cm³/mol. The minimum Gasteiger partial charge on any atom is -0.353 e. The third-order valence-corrected chi connectivity index (χ3v) is 8.14. The van der Waals surface area contributed by atoms with Gasteiger partial charge in [0.05, 0.1) is 10.4 Å². The van der Waals surface area contributed by atoms with E-state index in [0.29, 0.717) is 0 Å². The molecule has 0 unspecified atom stereocenters. The van der Waals surface area contributed by atoms with E-state index in [4.69, 9.17) is 4.37 Å². The van der Waals surface area contributed by atoms with Crippen molar-refractivity contribution in [2.75, 3.05) is 48.5 Å². The molecule has 1 aromatic heterocycles. The predicted octanol–water partition coefficient (Wildman–Crippen LogP) is 5.49. The molecule has 1 saturated heterocycles. The second-order valence-electron chi connectivity index (χ2n) is 8.01. The Labute approximate surface area is 185 Å². The van der Waals surface area contributed by atoms with Crippen LogP contribution in [0.15, 0.2) is 65.6 Å². The maximum atomic E-state index is 4.74. The Morgan fingerprint density at radius 3 is 2.57 bits per heavy atom. The van der Waals surface area contributed by atoms with E-state index in [2.05, 4.69) is 74.8 Å². The minimum atomic E-state index is 1.07. The van der Waals surface area contributed by atoms with Gasteiger partial charge in [-0.15, -0.1) is 0 Å². The van der Waals surface area contributed by atoms with E-state index in [-0.39, 0.29) is 0 Å². The molecule has 6 rings (SSSR count). The topological polar surface area (TPSA) is 22.6 Å². The van der Waals surface area contributed by atoms with Gasteiger partial charge in [0.25, 0.3) is 0 Å². The zero-order chi connectivity index (χ0) is 19.9.